The summed E-state index contributed by atoms with van der Waals surface area (Å²) in [4.78, 5) is 23.9. The van der Waals surface area contributed by atoms with Gasteiger partial charge in [-0.25, -0.2) is 9.59 Å². The maximum absolute atomic E-state index is 11.5. The molecule has 2 aromatic rings. The first-order valence-electron chi connectivity index (χ1n) is 6.41. The summed E-state index contributed by atoms with van der Waals surface area (Å²) in [5.41, 5.74) is 1.17. The minimum absolute atomic E-state index is 0.0159. The second-order valence-corrected chi connectivity index (χ2v) is 4.55. The largest absolute Gasteiger partial charge is 0.479 e. The number of amides is 1. The fourth-order valence-corrected chi connectivity index (χ4v) is 2.14. The van der Waals surface area contributed by atoms with Gasteiger partial charge < -0.3 is 10.2 Å². The molecular formula is C16H15NO4. The summed E-state index contributed by atoms with van der Waals surface area (Å²) in [5, 5.41) is 18.8. The van der Waals surface area contributed by atoms with Gasteiger partial charge in [0.15, 0.2) is 6.04 Å². The van der Waals surface area contributed by atoms with Crippen LogP contribution in [0.3, 0.4) is 0 Å². The topological polar surface area (TPSA) is 77.8 Å². The van der Waals surface area contributed by atoms with Crippen LogP contribution in [0.25, 0.3) is 0 Å². The Morgan fingerprint density at radius 1 is 0.905 bits per heavy atom. The molecule has 0 aromatic heterocycles. The highest BCUT2D eigenvalue weighted by Crippen LogP contribution is 2.23. The van der Waals surface area contributed by atoms with Crippen molar-refractivity contribution < 1.29 is 19.8 Å². The molecule has 5 heteroatoms. The third-order valence-corrected chi connectivity index (χ3v) is 3.10. The molecule has 1 amide bonds. The molecule has 0 aliphatic rings. The molecule has 0 saturated carbocycles. The zero-order chi connectivity index (χ0) is 15.2. The molecular weight excluding hydrogens is 270 g/mol. The van der Waals surface area contributed by atoms with Gasteiger partial charge in [0.25, 0.3) is 0 Å². The molecule has 0 saturated heterocycles. The number of benzene rings is 2. The first-order chi connectivity index (χ1) is 10.1. The second-order valence-electron chi connectivity index (χ2n) is 4.55. The van der Waals surface area contributed by atoms with E-state index in [4.69, 9.17) is 0 Å². The molecule has 108 valence electrons. The SMILES string of the molecule is O=C(O)C(c1ccccc1)N(Cc1ccccc1)C(=O)O. The maximum atomic E-state index is 11.5. The molecule has 0 fully saturated rings. The summed E-state index contributed by atoms with van der Waals surface area (Å²) in [7, 11) is 0. The summed E-state index contributed by atoms with van der Waals surface area (Å²) >= 11 is 0. The van der Waals surface area contributed by atoms with Crippen molar-refractivity contribution in [3.63, 3.8) is 0 Å². The van der Waals surface area contributed by atoms with Gasteiger partial charge in [0.2, 0.25) is 0 Å². The zero-order valence-corrected chi connectivity index (χ0v) is 11.2. The van der Waals surface area contributed by atoms with Crippen molar-refractivity contribution in [2.75, 3.05) is 0 Å². The molecule has 21 heavy (non-hydrogen) atoms. The Kier molecular flexibility index (Phi) is 4.56. The van der Waals surface area contributed by atoms with Crippen molar-refractivity contribution in [3.05, 3.63) is 71.8 Å². The van der Waals surface area contributed by atoms with Crippen molar-refractivity contribution in [2.24, 2.45) is 0 Å². The number of aliphatic carboxylic acids is 1. The Hall–Kier alpha value is -2.82. The second kappa shape index (κ2) is 6.56. The van der Waals surface area contributed by atoms with Gasteiger partial charge in [-0.05, 0) is 11.1 Å². The quantitative estimate of drug-likeness (QED) is 0.885. The van der Waals surface area contributed by atoms with E-state index in [1.54, 1.807) is 54.6 Å². The van der Waals surface area contributed by atoms with Gasteiger partial charge in [0.1, 0.15) is 0 Å². The number of hydrogen-bond acceptors (Lipinski definition) is 2. The average molecular weight is 285 g/mol. The molecule has 0 radical (unpaired) electrons. The molecule has 0 spiro atoms. The van der Waals surface area contributed by atoms with Crippen molar-refractivity contribution in [1.29, 1.82) is 0 Å². The monoisotopic (exact) mass is 285 g/mol. The molecule has 2 N–H and O–H groups in total. The zero-order valence-electron chi connectivity index (χ0n) is 11.2. The van der Waals surface area contributed by atoms with Crippen molar-refractivity contribution >= 4 is 12.1 Å². The molecule has 2 rings (SSSR count). The predicted molar refractivity (Wildman–Crippen MR) is 76.8 cm³/mol. The van der Waals surface area contributed by atoms with E-state index in [0.29, 0.717) is 5.56 Å². The number of rotatable bonds is 5. The van der Waals surface area contributed by atoms with E-state index in [9.17, 15) is 19.8 Å². The summed E-state index contributed by atoms with van der Waals surface area (Å²) in [5.74, 6) is -1.19. The van der Waals surface area contributed by atoms with E-state index < -0.39 is 18.1 Å². The van der Waals surface area contributed by atoms with Crippen LogP contribution >= 0.6 is 0 Å². The van der Waals surface area contributed by atoms with Crippen LogP contribution in [-0.2, 0) is 11.3 Å². The molecule has 2 aromatic carbocycles. The van der Waals surface area contributed by atoms with E-state index in [1.807, 2.05) is 6.07 Å². The Labute approximate surface area is 122 Å². The van der Waals surface area contributed by atoms with E-state index in [0.717, 1.165) is 10.5 Å². The molecule has 5 nitrogen and oxygen atoms in total. The van der Waals surface area contributed by atoms with Crippen LogP contribution in [0.5, 0.6) is 0 Å². The lowest BCUT2D eigenvalue weighted by atomic mass is 10.0. The van der Waals surface area contributed by atoms with Crippen LogP contribution < -0.4 is 0 Å². The normalized spacial score (nSPS) is 11.6. The summed E-state index contributed by atoms with van der Waals surface area (Å²) in [6, 6.07) is 16.0. The first-order valence-corrected chi connectivity index (χ1v) is 6.41. The highest BCUT2D eigenvalue weighted by molar-refractivity contribution is 5.80. The number of hydrogen-bond donors (Lipinski definition) is 2. The van der Waals surface area contributed by atoms with Crippen LogP contribution in [-0.4, -0.2) is 27.2 Å². The smallest absolute Gasteiger partial charge is 0.408 e. The predicted octanol–water partition coefficient (Wildman–Crippen LogP) is 2.99. The van der Waals surface area contributed by atoms with E-state index >= 15 is 0 Å². The van der Waals surface area contributed by atoms with Crippen LogP contribution in [0.1, 0.15) is 17.2 Å². The van der Waals surface area contributed by atoms with Gasteiger partial charge in [0.05, 0.1) is 6.54 Å². The molecule has 0 bridgehead atoms. The fraction of sp³-hybridized carbons (Fsp3) is 0.125. The number of nitrogens with zero attached hydrogens (tertiary/aromatic N) is 1. The van der Waals surface area contributed by atoms with Gasteiger partial charge in [-0.1, -0.05) is 60.7 Å². The van der Waals surface area contributed by atoms with Crippen LogP contribution in [0.15, 0.2) is 60.7 Å². The van der Waals surface area contributed by atoms with Gasteiger partial charge in [-0.2, -0.15) is 0 Å². The summed E-state index contributed by atoms with van der Waals surface area (Å²) < 4.78 is 0. The highest BCUT2D eigenvalue weighted by atomic mass is 16.4. The minimum Gasteiger partial charge on any atom is -0.479 e. The standard InChI is InChI=1S/C16H15NO4/c18-15(19)14(13-9-5-2-6-10-13)17(16(20)21)11-12-7-3-1-4-8-12/h1-10,14H,11H2,(H,18,19)(H,20,21). The lowest BCUT2D eigenvalue weighted by molar-refractivity contribution is -0.143. The lowest BCUT2D eigenvalue weighted by Gasteiger charge is -2.26. The Morgan fingerprint density at radius 2 is 1.43 bits per heavy atom. The molecule has 0 aliphatic heterocycles. The average Bonchev–Trinajstić information content (AvgIpc) is 2.48. The van der Waals surface area contributed by atoms with Crippen molar-refractivity contribution in [2.45, 2.75) is 12.6 Å². The van der Waals surface area contributed by atoms with Crippen LogP contribution in [0.2, 0.25) is 0 Å². The van der Waals surface area contributed by atoms with Crippen LogP contribution in [0, 0.1) is 0 Å². The number of carbonyl (C=O) groups is 2. The molecule has 0 aliphatic carbocycles. The van der Waals surface area contributed by atoms with E-state index in [1.165, 1.54) is 0 Å². The van der Waals surface area contributed by atoms with E-state index in [-0.39, 0.29) is 6.54 Å². The maximum Gasteiger partial charge on any atom is 0.408 e. The van der Waals surface area contributed by atoms with Gasteiger partial charge in [-0.15, -0.1) is 0 Å². The Bertz CT molecular complexity index is 613. The van der Waals surface area contributed by atoms with Crippen molar-refractivity contribution in [1.82, 2.24) is 4.90 Å². The Balaban J connectivity index is 2.34. The third kappa shape index (κ3) is 3.60. The van der Waals surface area contributed by atoms with Gasteiger partial charge >= 0.3 is 12.1 Å². The molecule has 1 unspecified atom stereocenters. The van der Waals surface area contributed by atoms with Gasteiger partial charge in [0, 0.05) is 0 Å². The fourth-order valence-electron chi connectivity index (χ4n) is 2.14. The van der Waals surface area contributed by atoms with Crippen LogP contribution in [0.4, 0.5) is 4.79 Å². The third-order valence-electron chi connectivity index (χ3n) is 3.10. The minimum atomic E-state index is -1.27. The van der Waals surface area contributed by atoms with Crippen molar-refractivity contribution in [3.8, 4) is 0 Å². The Morgan fingerprint density at radius 3 is 1.90 bits per heavy atom. The lowest BCUT2D eigenvalue weighted by Crippen LogP contribution is -2.37. The first kappa shape index (κ1) is 14.6. The van der Waals surface area contributed by atoms with E-state index in [2.05, 4.69) is 0 Å². The molecule has 0 heterocycles. The number of carboxylic acids is 1. The van der Waals surface area contributed by atoms with Gasteiger partial charge in [-0.3, -0.25) is 4.90 Å². The highest BCUT2D eigenvalue weighted by Gasteiger charge is 2.31. The number of carboxylic acid groups (broad SMARTS) is 2. The summed E-state index contributed by atoms with van der Waals surface area (Å²) in [6.07, 6.45) is -1.27. The molecule has 1 atom stereocenters. The summed E-state index contributed by atoms with van der Waals surface area (Å²) in [6.45, 7) is 0.0159.